The molecule has 0 saturated carbocycles. The first-order valence-electron chi connectivity index (χ1n) is 5.29. The molecule has 2 nitrogen and oxygen atoms in total. The summed E-state index contributed by atoms with van der Waals surface area (Å²) in [7, 11) is 0. The number of fused-ring (bicyclic) bond motifs is 3. The van der Waals surface area contributed by atoms with Gasteiger partial charge in [0.05, 0.1) is 0 Å². The molecular formula is C13H8F3NO. The lowest BCUT2D eigenvalue weighted by molar-refractivity contribution is -0.274. The van der Waals surface area contributed by atoms with E-state index in [-0.39, 0.29) is 5.75 Å². The third kappa shape index (κ3) is 1.88. The minimum absolute atomic E-state index is 0.209. The molecule has 0 spiro atoms. The summed E-state index contributed by atoms with van der Waals surface area (Å²) in [5.74, 6) is -0.209. The number of para-hydroxylation sites is 1. The smallest absolute Gasteiger partial charge is 0.406 e. The molecule has 0 bridgehead atoms. The molecule has 92 valence electrons. The second-order valence-corrected chi connectivity index (χ2v) is 3.93. The van der Waals surface area contributed by atoms with Crippen molar-refractivity contribution in [1.29, 1.82) is 0 Å². The highest BCUT2D eigenvalue weighted by Gasteiger charge is 2.31. The zero-order valence-electron chi connectivity index (χ0n) is 9.08. The first kappa shape index (κ1) is 11.0. The molecule has 0 unspecified atom stereocenters. The van der Waals surface area contributed by atoms with E-state index in [1.54, 1.807) is 6.07 Å². The summed E-state index contributed by atoms with van der Waals surface area (Å²) >= 11 is 0. The molecule has 1 heterocycles. The molecule has 0 aliphatic rings. The van der Waals surface area contributed by atoms with Crippen molar-refractivity contribution in [1.82, 2.24) is 4.98 Å². The lowest BCUT2D eigenvalue weighted by Crippen LogP contribution is -2.16. The molecule has 0 aliphatic heterocycles. The van der Waals surface area contributed by atoms with Crippen LogP contribution in [0.2, 0.25) is 0 Å². The molecule has 0 aliphatic carbocycles. The monoisotopic (exact) mass is 251 g/mol. The Morgan fingerprint density at radius 2 is 1.61 bits per heavy atom. The van der Waals surface area contributed by atoms with Gasteiger partial charge in [-0.25, -0.2) is 0 Å². The molecule has 3 aromatic rings. The number of hydrogen-bond donors (Lipinski definition) is 1. The van der Waals surface area contributed by atoms with Crippen LogP contribution in [0.1, 0.15) is 0 Å². The Hall–Kier alpha value is -2.17. The van der Waals surface area contributed by atoms with E-state index in [0.717, 1.165) is 16.4 Å². The maximum Gasteiger partial charge on any atom is 0.573 e. The van der Waals surface area contributed by atoms with E-state index in [0.29, 0.717) is 5.39 Å². The van der Waals surface area contributed by atoms with Gasteiger partial charge in [0.2, 0.25) is 0 Å². The van der Waals surface area contributed by atoms with Crippen LogP contribution in [0.5, 0.6) is 5.75 Å². The first-order chi connectivity index (χ1) is 8.53. The highest BCUT2D eigenvalue weighted by atomic mass is 19.4. The predicted octanol–water partition coefficient (Wildman–Crippen LogP) is 4.22. The number of aromatic nitrogens is 1. The fourth-order valence-corrected chi connectivity index (χ4v) is 2.02. The predicted molar refractivity (Wildman–Crippen MR) is 62.5 cm³/mol. The van der Waals surface area contributed by atoms with Crippen molar-refractivity contribution in [2.24, 2.45) is 0 Å². The summed E-state index contributed by atoms with van der Waals surface area (Å²) in [6.07, 6.45) is -4.67. The van der Waals surface area contributed by atoms with Gasteiger partial charge in [-0.2, -0.15) is 0 Å². The second-order valence-electron chi connectivity index (χ2n) is 3.93. The number of H-pyrrole nitrogens is 1. The number of hydrogen-bond acceptors (Lipinski definition) is 1. The SMILES string of the molecule is FC(F)(F)Oc1ccc2[nH]c3ccccc3c2c1. The Kier molecular flexibility index (Phi) is 2.23. The van der Waals surface area contributed by atoms with E-state index in [4.69, 9.17) is 0 Å². The molecule has 0 fully saturated rings. The molecule has 1 N–H and O–H groups in total. The van der Waals surface area contributed by atoms with Gasteiger partial charge in [0.1, 0.15) is 5.75 Å². The van der Waals surface area contributed by atoms with Crippen LogP contribution in [0.3, 0.4) is 0 Å². The maximum absolute atomic E-state index is 12.2. The largest absolute Gasteiger partial charge is 0.573 e. The zero-order chi connectivity index (χ0) is 12.8. The third-order valence-corrected chi connectivity index (χ3v) is 2.71. The van der Waals surface area contributed by atoms with Crippen molar-refractivity contribution < 1.29 is 17.9 Å². The van der Waals surface area contributed by atoms with E-state index in [1.807, 2.05) is 24.3 Å². The normalized spacial score (nSPS) is 12.2. The number of nitrogens with one attached hydrogen (secondary N) is 1. The molecule has 0 saturated heterocycles. The second kappa shape index (κ2) is 3.66. The van der Waals surface area contributed by atoms with Gasteiger partial charge in [-0.1, -0.05) is 18.2 Å². The van der Waals surface area contributed by atoms with E-state index in [1.165, 1.54) is 12.1 Å². The number of rotatable bonds is 1. The Morgan fingerprint density at radius 3 is 2.39 bits per heavy atom. The fourth-order valence-electron chi connectivity index (χ4n) is 2.02. The summed E-state index contributed by atoms with van der Waals surface area (Å²) in [5.41, 5.74) is 1.67. The van der Waals surface area contributed by atoms with Crippen molar-refractivity contribution in [2.75, 3.05) is 0 Å². The Balaban J connectivity index is 2.18. The lowest BCUT2D eigenvalue weighted by Gasteiger charge is -2.08. The van der Waals surface area contributed by atoms with Crippen LogP contribution in [0.25, 0.3) is 21.8 Å². The summed E-state index contributed by atoms with van der Waals surface area (Å²) in [6, 6.07) is 11.7. The molecule has 1 aromatic heterocycles. The van der Waals surface area contributed by atoms with Gasteiger partial charge < -0.3 is 9.72 Å². The van der Waals surface area contributed by atoms with Gasteiger partial charge in [-0.05, 0) is 24.3 Å². The third-order valence-electron chi connectivity index (χ3n) is 2.71. The van der Waals surface area contributed by atoms with Gasteiger partial charge in [-0.15, -0.1) is 13.2 Å². The van der Waals surface area contributed by atoms with Crippen LogP contribution in [0, 0.1) is 0 Å². The standard InChI is InChI=1S/C13H8F3NO/c14-13(15,16)18-8-5-6-12-10(7-8)9-3-1-2-4-11(9)17-12/h1-7,17H. The Bertz CT molecular complexity index is 715. The van der Waals surface area contributed by atoms with Crippen LogP contribution in [0.15, 0.2) is 42.5 Å². The number of alkyl halides is 3. The van der Waals surface area contributed by atoms with Crippen molar-refractivity contribution >= 4 is 21.8 Å². The zero-order valence-corrected chi connectivity index (χ0v) is 9.08. The van der Waals surface area contributed by atoms with Gasteiger partial charge in [0.15, 0.2) is 0 Å². The summed E-state index contributed by atoms with van der Waals surface area (Å²) in [5, 5.41) is 1.59. The summed E-state index contributed by atoms with van der Waals surface area (Å²) < 4.78 is 40.4. The Morgan fingerprint density at radius 1 is 0.889 bits per heavy atom. The van der Waals surface area contributed by atoms with E-state index in [9.17, 15) is 13.2 Å². The van der Waals surface area contributed by atoms with Gasteiger partial charge in [-0.3, -0.25) is 0 Å². The van der Waals surface area contributed by atoms with E-state index < -0.39 is 6.36 Å². The van der Waals surface area contributed by atoms with Gasteiger partial charge >= 0.3 is 6.36 Å². The van der Waals surface area contributed by atoms with Crippen molar-refractivity contribution in [3.63, 3.8) is 0 Å². The average molecular weight is 251 g/mol. The van der Waals surface area contributed by atoms with Crippen LogP contribution >= 0.6 is 0 Å². The number of benzene rings is 2. The van der Waals surface area contributed by atoms with Crippen LogP contribution in [-0.2, 0) is 0 Å². The minimum Gasteiger partial charge on any atom is -0.406 e. The number of halogens is 3. The number of ether oxygens (including phenoxy) is 1. The average Bonchev–Trinajstić information content (AvgIpc) is 2.65. The molecule has 0 radical (unpaired) electrons. The van der Waals surface area contributed by atoms with Crippen LogP contribution in [0.4, 0.5) is 13.2 Å². The lowest BCUT2D eigenvalue weighted by atomic mass is 10.1. The van der Waals surface area contributed by atoms with Crippen molar-refractivity contribution in [2.45, 2.75) is 6.36 Å². The number of aromatic amines is 1. The molecule has 5 heteroatoms. The molecular weight excluding hydrogens is 243 g/mol. The van der Waals surface area contributed by atoms with Crippen molar-refractivity contribution in [3.05, 3.63) is 42.5 Å². The molecule has 2 aromatic carbocycles. The summed E-state index contributed by atoms with van der Waals surface area (Å²) in [4.78, 5) is 3.13. The van der Waals surface area contributed by atoms with Gasteiger partial charge in [0.25, 0.3) is 0 Å². The quantitative estimate of drug-likeness (QED) is 0.688. The summed E-state index contributed by atoms with van der Waals surface area (Å²) in [6.45, 7) is 0. The maximum atomic E-state index is 12.2. The fraction of sp³-hybridized carbons (Fsp3) is 0.0769. The molecule has 0 atom stereocenters. The molecule has 0 amide bonds. The van der Waals surface area contributed by atoms with E-state index >= 15 is 0 Å². The Labute approximate surface area is 100.0 Å². The van der Waals surface area contributed by atoms with Crippen LogP contribution < -0.4 is 4.74 Å². The topological polar surface area (TPSA) is 25.0 Å². The van der Waals surface area contributed by atoms with Gasteiger partial charge in [0, 0.05) is 21.8 Å². The highest BCUT2D eigenvalue weighted by molar-refractivity contribution is 6.07. The minimum atomic E-state index is -4.67. The molecule has 18 heavy (non-hydrogen) atoms. The molecule has 3 rings (SSSR count). The van der Waals surface area contributed by atoms with E-state index in [2.05, 4.69) is 9.72 Å². The van der Waals surface area contributed by atoms with Crippen LogP contribution in [-0.4, -0.2) is 11.3 Å². The first-order valence-corrected chi connectivity index (χ1v) is 5.29. The highest BCUT2D eigenvalue weighted by Crippen LogP contribution is 2.30. The van der Waals surface area contributed by atoms with Crippen molar-refractivity contribution in [3.8, 4) is 5.75 Å².